The van der Waals surface area contributed by atoms with Crippen LogP contribution < -0.4 is 15.1 Å². The summed E-state index contributed by atoms with van der Waals surface area (Å²) in [5.41, 5.74) is 8.20. The molecule has 0 radical (unpaired) electrons. The molecular formula is C21H24BN2O7-. The Bertz CT molecular complexity index is 1020. The van der Waals surface area contributed by atoms with Crippen molar-refractivity contribution in [3.63, 3.8) is 0 Å². The van der Waals surface area contributed by atoms with Gasteiger partial charge < -0.3 is 35.2 Å². The number of fused-ring (bicyclic) bond motifs is 1. The first-order valence-corrected chi connectivity index (χ1v) is 10.1. The van der Waals surface area contributed by atoms with Crippen LogP contribution in [-0.4, -0.2) is 57.9 Å². The molecule has 5 N–H and O–H groups in total. The van der Waals surface area contributed by atoms with Gasteiger partial charge in [0.15, 0.2) is 0 Å². The van der Waals surface area contributed by atoms with Crippen LogP contribution in [0, 0.1) is 6.92 Å². The van der Waals surface area contributed by atoms with Crippen molar-refractivity contribution in [1.82, 2.24) is 4.90 Å². The average molecular weight is 427 g/mol. The van der Waals surface area contributed by atoms with Crippen LogP contribution in [0.4, 0.5) is 0 Å². The number of aromatic carboxylic acids is 1. The molecule has 164 valence electrons. The Morgan fingerprint density at radius 1 is 1.19 bits per heavy atom. The molecule has 2 heterocycles. The van der Waals surface area contributed by atoms with Crippen LogP contribution in [0.1, 0.15) is 33.1 Å². The predicted molar refractivity (Wildman–Crippen MR) is 112 cm³/mol. The first-order chi connectivity index (χ1) is 14.6. The van der Waals surface area contributed by atoms with Gasteiger partial charge in [0.2, 0.25) is 5.91 Å². The second-order valence-corrected chi connectivity index (χ2v) is 8.12. The standard InChI is InChI=1S/C21H24BN2O7/c1-12-2-4-13(5-3-12)18(23)20(25)24-10-15(11-24)30-16-7-6-14-8-9-22(28,29)31-19(14)17(16)21(26)27/h2-7,15,18,28-29H,8-11,23H2,1H3,(H,26,27)/q-1/t18-/m1/s1. The Morgan fingerprint density at radius 2 is 1.87 bits per heavy atom. The molecule has 0 aromatic heterocycles. The van der Waals surface area contributed by atoms with E-state index in [1.54, 1.807) is 11.0 Å². The van der Waals surface area contributed by atoms with Gasteiger partial charge in [-0.1, -0.05) is 42.2 Å². The van der Waals surface area contributed by atoms with Crippen molar-refractivity contribution >= 4 is 18.6 Å². The number of carboxylic acid groups (broad SMARTS) is 1. The zero-order valence-electron chi connectivity index (χ0n) is 17.0. The number of nitrogens with zero attached hydrogens (tertiary/aromatic N) is 1. The number of amides is 1. The predicted octanol–water partition coefficient (Wildman–Crippen LogP) is 0.841. The van der Waals surface area contributed by atoms with E-state index in [9.17, 15) is 24.7 Å². The minimum atomic E-state index is -3.11. The second-order valence-electron chi connectivity index (χ2n) is 8.12. The van der Waals surface area contributed by atoms with Gasteiger partial charge in [-0.2, -0.15) is 0 Å². The van der Waals surface area contributed by atoms with Gasteiger partial charge in [-0.05, 0) is 30.5 Å². The molecule has 31 heavy (non-hydrogen) atoms. The fourth-order valence-corrected chi connectivity index (χ4v) is 3.82. The number of ether oxygens (including phenoxy) is 1. The van der Waals surface area contributed by atoms with Gasteiger partial charge in [0.05, 0.1) is 18.8 Å². The maximum atomic E-state index is 12.6. The molecule has 2 aliphatic rings. The summed E-state index contributed by atoms with van der Waals surface area (Å²) in [6.07, 6.45) is -0.133. The number of carbonyl (C=O) groups is 2. The molecule has 1 atom stereocenters. The molecule has 10 heteroatoms. The van der Waals surface area contributed by atoms with Crippen LogP contribution in [0.3, 0.4) is 0 Å². The second kappa shape index (κ2) is 7.88. The molecule has 4 rings (SSSR count). The molecular weight excluding hydrogens is 403 g/mol. The van der Waals surface area contributed by atoms with Crippen molar-refractivity contribution in [2.45, 2.75) is 31.8 Å². The van der Waals surface area contributed by atoms with Crippen LogP contribution in [0.15, 0.2) is 36.4 Å². The maximum Gasteiger partial charge on any atom is 0.430 e. The van der Waals surface area contributed by atoms with Crippen molar-refractivity contribution in [2.24, 2.45) is 5.73 Å². The van der Waals surface area contributed by atoms with Crippen molar-refractivity contribution in [3.8, 4) is 11.5 Å². The van der Waals surface area contributed by atoms with E-state index in [1.807, 2.05) is 31.2 Å². The zero-order valence-corrected chi connectivity index (χ0v) is 17.0. The van der Waals surface area contributed by atoms with Gasteiger partial charge in [-0.25, -0.2) is 4.79 Å². The Morgan fingerprint density at radius 3 is 2.52 bits per heavy atom. The molecule has 2 aliphatic heterocycles. The Balaban J connectivity index is 1.44. The monoisotopic (exact) mass is 427 g/mol. The minimum Gasteiger partial charge on any atom is -0.669 e. The highest BCUT2D eigenvalue weighted by molar-refractivity contribution is 6.59. The largest absolute Gasteiger partial charge is 0.669 e. The summed E-state index contributed by atoms with van der Waals surface area (Å²) < 4.78 is 11.0. The number of hydrogen-bond donors (Lipinski definition) is 4. The summed E-state index contributed by atoms with van der Waals surface area (Å²) in [5.74, 6) is -1.56. The first-order valence-electron chi connectivity index (χ1n) is 10.1. The molecule has 1 fully saturated rings. The lowest BCUT2D eigenvalue weighted by Gasteiger charge is -2.41. The third kappa shape index (κ3) is 4.22. The normalized spacial score (nSPS) is 18.4. The third-order valence-electron chi connectivity index (χ3n) is 5.67. The highest BCUT2D eigenvalue weighted by atomic mass is 16.6. The van der Waals surface area contributed by atoms with Gasteiger partial charge in [0.25, 0.3) is 0 Å². The number of likely N-dealkylation sites (tertiary alicyclic amines) is 1. The van der Waals surface area contributed by atoms with Crippen molar-refractivity contribution < 1.29 is 34.1 Å². The van der Waals surface area contributed by atoms with Gasteiger partial charge in [-0.15, -0.1) is 0 Å². The summed E-state index contributed by atoms with van der Waals surface area (Å²) in [7, 11) is 0. The van der Waals surface area contributed by atoms with Crippen LogP contribution in [0.25, 0.3) is 0 Å². The molecule has 1 saturated heterocycles. The van der Waals surface area contributed by atoms with E-state index in [1.165, 1.54) is 6.07 Å². The van der Waals surface area contributed by atoms with E-state index < -0.39 is 24.9 Å². The maximum absolute atomic E-state index is 12.6. The van der Waals surface area contributed by atoms with Crippen molar-refractivity contribution in [3.05, 3.63) is 58.7 Å². The van der Waals surface area contributed by atoms with Crippen molar-refractivity contribution in [1.29, 1.82) is 0 Å². The molecule has 0 saturated carbocycles. The smallest absolute Gasteiger partial charge is 0.430 e. The molecule has 9 nitrogen and oxygen atoms in total. The lowest BCUT2D eigenvalue weighted by atomic mass is 9.70. The van der Waals surface area contributed by atoms with Crippen LogP contribution in [0.5, 0.6) is 11.5 Å². The molecule has 0 aliphatic carbocycles. The topological polar surface area (TPSA) is 143 Å². The number of rotatable bonds is 5. The van der Waals surface area contributed by atoms with E-state index in [-0.39, 0.29) is 48.8 Å². The Kier molecular flexibility index (Phi) is 5.38. The van der Waals surface area contributed by atoms with Crippen molar-refractivity contribution in [2.75, 3.05) is 13.1 Å². The highest BCUT2D eigenvalue weighted by Gasteiger charge is 2.37. The summed E-state index contributed by atoms with van der Waals surface area (Å²) in [6.45, 7) is -0.621. The zero-order chi connectivity index (χ0) is 22.3. The lowest BCUT2D eigenvalue weighted by molar-refractivity contribution is -0.141. The van der Waals surface area contributed by atoms with E-state index in [0.717, 1.165) is 11.1 Å². The SMILES string of the molecule is Cc1ccc([C@@H](N)C(=O)N2CC(Oc3ccc4c(c3C(=O)O)O[B-](O)(O)CC4)C2)cc1. The molecule has 0 spiro atoms. The van der Waals surface area contributed by atoms with Crippen LogP contribution in [-0.2, 0) is 11.2 Å². The molecule has 2 aromatic carbocycles. The number of carbonyl (C=O) groups excluding carboxylic acids is 1. The van der Waals surface area contributed by atoms with Crippen LogP contribution in [0.2, 0.25) is 6.32 Å². The van der Waals surface area contributed by atoms with E-state index >= 15 is 0 Å². The molecule has 2 aromatic rings. The fourth-order valence-electron chi connectivity index (χ4n) is 3.82. The van der Waals surface area contributed by atoms with Crippen LogP contribution >= 0.6 is 0 Å². The molecule has 0 bridgehead atoms. The quantitative estimate of drug-likeness (QED) is 0.515. The number of nitrogens with two attached hydrogens (primary N) is 1. The minimum absolute atomic E-state index is 0.00675. The number of aryl methyl sites for hydroxylation is 2. The number of carboxylic acids is 1. The van der Waals surface area contributed by atoms with Gasteiger partial charge in [0.1, 0.15) is 23.5 Å². The Labute approximate surface area is 179 Å². The Hall–Kier alpha value is -3.08. The lowest BCUT2D eigenvalue weighted by Crippen LogP contribution is -2.58. The molecule has 0 unspecified atom stereocenters. The molecule has 1 amide bonds. The summed E-state index contributed by atoms with van der Waals surface area (Å²) in [4.78, 5) is 26.0. The van der Waals surface area contributed by atoms with Gasteiger partial charge in [0, 0.05) is 0 Å². The van der Waals surface area contributed by atoms with E-state index in [0.29, 0.717) is 5.56 Å². The third-order valence-corrected chi connectivity index (χ3v) is 5.67. The summed E-state index contributed by atoms with van der Waals surface area (Å²) >= 11 is 0. The highest BCUT2D eigenvalue weighted by Crippen LogP contribution is 2.39. The van der Waals surface area contributed by atoms with E-state index in [4.69, 9.17) is 15.1 Å². The summed E-state index contributed by atoms with van der Waals surface area (Å²) in [6, 6.07) is 9.83. The van der Waals surface area contributed by atoms with Gasteiger partial charge >= 0.3 is 12.7 Å². The van der Waals surface area contributed by atoms with E-state index in [2.05, 4.69) is 0 Å². The number of benzene rings is 2. The van der Waals surface area contributed by atoms with Gasteiger partial charge in [-0.3, -0.25) is 4.79 Å². The average Bonchev–Trinajstić information content (AvgIpc) is 2.68. The fraction of sp³-hybridized carbons (Fsp3) is 0.333. The first kappa shape index (κ1) is 21.2. The summed E-state index contributed by atoms with van der Waals surface area (Å²) in [5, 5.41) is 29.3. The number of hydrogen-bond acceptors (Lipinski definition) is 7.